The maximum Gasteiger partial charge on any atom is 0.290 e. The number of carbonyl (C=O) groups is 2. The average Bonchev–Trinajstić information content (AvgIpc) is 2.92. The van der Waals surface area contributed by atoms with Crippen molar-refractivity contribution in [2.24, 2.45) is 0 Å². The molecule has 5 nitrogen and oxygen atoms in total. The summed E-state index contributed by atoms with van der Waals surface area (Å²) in [7, 11) is 1.55. The Morgan fingerprint density at radius 2 is 1.92 bits per heavy atom. The van der Waals surface area contributed by atoms with Crippen LogP contribution in [0.5, 0.6) is 11.5 Å². The van der Waals surface area contributed by atoms with Gasteiger partial charge in [0.15, 0.2) is 11.5 Å². The van der Waals surface area contributed by atoms with Gasteiger partial charge in [-0.05, 0) is 64.0 Å². The molecule has 26 heavy (non-hydrogen) atoms. The molecule has 2 aromatic carbocycles. The number of hydrogen-bond acceptors (Lipinski definition) is 5. The van der Waals surface area contributed by atoms with Crippen LogP contribution in [0.3, 0.4) is 0 Å². The van der Waals surface area contributed by atoms with Crippen molar-refractivity contribution < 1.29 is 19.1 Å². The Bertz CT molecular complexity index is 893. The third-order valence-electron chi connectivity index (χ3n) is 3.70. The molecule has 134 valence electrons. The molecule has 0 aromatic heterocycles. The van der Waals surface area contributed by atoms with E-state index in [0.717, 1.165) is 22.9 Å². The summed E-state index contributed by atoms with van der Waals surface area (Å²) in [6.07, 6.45) is 1.64. The summed E-state index contributed by atoms with van der Waals surface area (Å²) in [4.78, 5) is 23.3. The molecule has 1 fully saturated rings. The molecule has 1 aliphatic heterocycles. The summed E-state index contributed by atoms with van der Waals surface area (Å²) < 4.78 is 12.0. The SMILES string of the molecule is COc1cc(/C=C2\SC(=O)NC2=O)cc(Br)c1OCc1ccc(C)cc1. The van der Waals surface area contributed by atoms with E-state index >= 15 is 0 Å². The third kappa shape index (κ3) is 4.28. The van der Waals surface area contributed by atoms with Crippen molar-refractivity contribution >= 4 is 44.9 Å². The van der Waals surface area contributed by atoms with Gasteiger partial charge in [0.2, 0.25) is 0 Å². The van der Waals surface area contributed by atoms with E-state index in [0.29, 0.717) is 27.5 Å². The van der Waals surface area contributed by atoms with E-state index in [-0.39, 0.29) is 5.24 Å². The molecule has 1 heterocycles. The second kappa shape index (κ2) is 7.97. The molecule has 1 saturated heterocycles. The zero-order valence-corrected chi connectivity index (χ0v) is 16.6. The molecular weight excluding hydrogens is 418 g/mol. The summed E-state index contributed by atoms with van der Waals surface area (Å²) in [6, 6.07) is 11.7. The van der Waals surface area contributed by atoms with Crippen LogP contribution < -0.4 is 14.8 Å². The first-order valence-corrected chi connectivity index (χ1v) is 9.38. The Kier molecular flexibility index (Phi) is 5.68. The maximum atomic E-state index is 11.7. The number of amides is 2. The lowest BCUT2D eigenvalue weighted by atomic mass is 10.1. The van der Waals surface area contributed by atoms with E-state index in [1.54, 1.807) is 19.3 Å². The molecule has 2 amide bonds. The van der Waals surface area contributed by atoms with E-state index in [1.165, 1.54) is 5.56 Å². The molecule has 3 rings (SSSR count). The van der Waals surface area contributed by atoms with Crippen molar-refractivity contribution in [2.45, 2.75) is 13.5 Å². The van der Waals surface area contributed by atoms with Crippen LogP contribution in [0, 0.1) is 6.92 Å². The fraction of sp³-hybridized carbons (Fsp3) is 0.158. The van der Waals surface area contributed by atoms with Gasteiger partial charge >= 0.3 is 0 Å². The zero-order valence-electron chi connectivity index (χ0n) is 14.2. The Hall–Kier alpha value is -2.25. The monoisotopic (exact) mass is 433 g/mol. The number of benzene rings is 2. The molecule has 7 heteroatoms. The molecule has 1 N–H and O–H groups in total. The summed E-state index contributed by atoms with van der Waals surface area (Å²) >= 11 is 4.37. The molecule has 1 aliphatic rings. The number of aryl methyl sites for hydroxylation is 1. The topological polar surface area (TPSA) is 64.6 Å². The van der Waals surface area contributed by atoms with Crippen LogP contribution in [0.4, 0.5) is 4.79 Å². The molecule has 2 aromatic rings. The highest BCUT2D eigenvalue weighted by atomic mass is 79.9. The van der Waals surface area contributed by atoms with Crippen molar-refractivity contribution in [2.75, 3.05) is 7.11 Å². The minimum absolute atomic E-state index is 0.345. The molecular formula is C19H16BrNO4S. The number of methoxy groups -OCH3 is 1. The zero-order chi connectivity index (χ0) is 18.7. The van der Waals surface area contributed by atoms with Gasteiger partial charge in [0.05, 0.1) is 16.5 Å². The van der Waals surface area contributed by atoms with Gasteiger partial charge in [-0.15, -0.1) is 0 Å². The third-order valence-corrected chi connectivity index (χ3v) is 5.10. The highest BCUT2D eigenvalue weighted by molar-refractivity contribution is 9.10. The number of ether oxygens (including phenoxy) is 2. The molecule has 0 unspecified atom stereocenters. The molecule has 0 atom stereocenters. The molecule has 0 radical (unpaired) electrons. The molecule has 0 saturated carbocycles. The smallest absolute Gasteiger partial charge is 0.290 e. The number of carbonyl (C=O) groups excluding carboxylic acids is 2. The number of rotatable bonds is 5. The van der Waals surface area contributed by atoms with Crippen molar-refractivity contribution in [1.82, 2.24) is 5.32 Å². The number of thioether (sulfide) groups is 1. The van der Waals surface area contributed by atoms with Crippen molar-refractivity contribution in [3.8, 4) is 11.5 Å². The number of imide groups is 1. The summed E-state index contributed by atoms with van der Waals surface area (Å²) in [5.74, 6) is 0.720. The van der Waals surface area contributed by atoms with E-state index in [2.05, 4.69) is 21.2 Å². The molecule has 0 spiro atoms. The quantitative estimate of drug-likeness (QED) is 0.693. The lowest BCUT2D eigenvalue weighted by molar-refractivity contribution is -0.115. The van der Waals surface area contributed by atoms with Crippen LogP contribution >= 0.6 is 27.7 Å². The predicted octanol–water partition coefficient (Wildman–Crippen LogP) is 4.67. The average molecular weight is 434 g/mol. The van der Waals surface area contributed by atoms with Crippen molar-refractivity contribution in [3.05, 3.63) is 62.5 Å². The van der Waals surface area contributed by atoms with Crippen LogP contribution in [0.1, 0.15) is 16.7 Å². The van der Waals surface area contributed by atoms with Crippen LogP contribution in [-0.4, -0.2) is 18.3 Å². The van der Waals surface area contributed by atoms with Gasteiger partial charge in [-0.3, -0.25) is 14.9 Å². The van der Waals surface area contributed by atoms with Gasteiger partial charge in [0, 0.05) is 0 Å². The van der Waals surface area contributed by atoms with Gasteiger partial charge < -0.3 is 9.47 Å². The Morgan fingerprint density at radius 1 is 1.19 bits per heavy atom. The second-order valence-corrected chi connectivity index (χ2v) is 7.53. The molecule has 0 bridgehead atoms. The largest absolute Gasteiger partial charge is 0.493 e. The van der Waals surface area contributed by atoms with Crippen LogP contribution in [0.25, 0.3) is 6.08 Å². The lowest BCUT2D eigenvalue weighted by Crippen LogP contribution is -2.17. The van der Waals surface area contributed by atoms with Crippen LogP contribution in [-0.2, 0) is 11.4 Å². The summed E-state index contributed by atoms with van der Waals surface area (Å²) in [5.41, 5.74) is 2.97. The predicted molar refractivity (Wildman–Crippen MR) is 105 cm³/mol. The number of nitrogens with one attached hydrogen (secondary N) is 1. The fourth-order valence-corrected chi connectivity index (χ4v) is 3.63. The van der Waals surface area contributed by atoms with Crippen LogP contribution in [0.2, 0.25) is 0 Å². The van der Waals surface area contributed by atoms with Gasteiger partial charge in [-0.25, -0.2) is 0 Å². The Morgan fingerprint density at radius 3 is 2.54 bits per heavy atom. The van der Waals surface area contributed by atoms with E-state index in [9.17, 15) is 9.59 Å². The lowest BCUT2D eigenvalue weighted by Gasteiger charge is -2.14. The fourth-order valence-electron chi connectivity index (χ4n) is 2.38. The Labute approximate surface area is 163 Å². The van der Waals surface area contributed by atoms with E-state index in [4.69, 9.17) is 9.47 Å². The van der Waals surface area contributed by atoms with Gasteiger partial charge in [0.1, 0.15) is 6.61 Å². The first-order chi connectivity index (χ1) is 12.5. The standard InChI is InChI=1S/C19H16BrNO4S/c1-11-3-5-12(6-4-11)10-25-17-14(20)7-13(8-15(17)24-2)9-16-18(22)21-19(23)26-16/h3-9H,10H2,1-2H3,(H,21,22,23)/b16-9-. The Balaban J connectivity index is 1.83. The maximum absolute atomic E-state index is 11.7. The minimum atomic E-state index is -0.394. The van der Waals surface area contributed by atoms with Crippen molar-refractivity contribution in [3.63, 3.8) is 0 Å². The number of hydrogen-bond donors (Lipinski definition) is 1. The van der Waals surface area contributed by atoms with Gasteiger partial charge in [-0.2, -0.15) is 0 Å². The van der Waals surface area contributed by atoms with E-state index < -0.39 is 5.91 Å². The second-order valence-electron chi connectivity index (χ2n) is 5.66. The normalized spacial score (nSPS) is 15.3. The van der Waals surface area contributed by atoms with Crippen molar-refractivity contribution in [1.29, 1.82) is 0 Å². The highest BCUT2D eigenvalue weighted by Gasteiger charge is 2.25. The first-order valence-electron chi connectivity index (χ1n) is 7.77. The summed E-state index contributed by atoms with van der Waals surface area (Å²) in [5, 5.41) is 1.86. The van der Waals surface area contributed by atoms with E-state index in [1.807, 2.05) is 37.3 Å². The highest BCUT2D eigenvalue weighted by Crippen LogP contribution is 2.38. The number of halogens is 1. The first kappa shape index (κ1) is 18.5. The minimum Gasteiger partial charge on any atom is -0.493 e. The van der Waals surface area contributed by atoms with Gasteiger partial charge in [-0.1, -0.05) is 29.8 Å². The summed E-state index contributed by atoms with van der Waals surface area (Å²) in [6.45, 7) is 2.44. The van der Waals surface area contributed by atoms with Gasteiger partial charge in [0.25, 0.3) is 11.1 Å². The van der Waals surface area contributed by atoms with Crippen LogP contribution in [0.15, 0.2) is 45.8 Å². The molecule has 0 aliphatic carbocycles.